The summed E-state index contributed by atoms with van der Waals surface area (Å²) in [5.41, 5.74) is 9.22. The van der Waals surface area contributed by atoms with Gasteiger partial charge in [-0.1, -0.05) is 84.9 Å². The Bertz CT molecular complexity index is 3090. The van der Waals surface area contributed by atoms with Gasteiger partial charge in [-0.15, -0.1) is 11.3 Å². The Morgan fingerprint density at radius 1 is 0.413 bits per heavy atom. The Morgan fingerprint density at radius 3 is 1.44 bits per heavy atom. The number of hydrogen-bond donors (Lipinski definition) is 0. The van der Waals surface area contributed by atoms with E-state index in [9.17, 15) is 0 Å². The Balaban J connectivity index is 0.965. The van der Waals surface area contributed by atoms with Crippen LogP contribution >= 0.6 is 11.3 Å². The van der Waals surface area contributed by atoms with E-state index in [0.717, 1.165) is 44.8 Å². The summed E-state index contributed by atoms with van der Waals surface area (Å²) in [6.07, 6.45) is 0. The molecule has 9 aromatic rings. The van der Waals surface area contributed by atoms with Gasteiger partial charge >= 0.3 is 14.2 Å². The van der Waals surface area contributed by atoms with E-state index in [4.69, 9.17) is 18.6 Å². The molecule has 0 N–H and O–H groups in total. The van der Waals surface area contributed by atoms with Crippen LogP contribution in [0.5, 0.6) is 0 Å². The SMILES string of the molecule is CC1(C)OB(c2ccc(N(c3ccc(B4OC(C)(C)C(C)(C)O4)cc3)c3ccc(-c4ccc5c6ccccc6n(-c6ccc7sc8ccccc8c7c6)c5c4)cc3)cc2)OC1(C)C. The predicted molar refractivity (Wildman–Crippen MR) is 265 cm³/mol. The standard InChI is InChI=1S/C54H50B2N2O4S/c1-51(2)52(3,4)60-55(59-51)37-20-26-40(27-21-37)57(41-28-22-38(23-29-41)56-61-53(5,6)54(7,8)62-56)39-24-17-35(18-25-39)36-19-31-44-43-13-9-11-15-47(43)58(48(44)33-36)42-30-32-50-46(34-42)45-14-10-12-16-49(45)63-50/h9-34H,1-8H3. The minimum Gasteiger partial charge on any atom is -0.399 e. The van der Waals surface area contributed by atoms with Gasteiger partial charge in [-0.3, -0.25) is 0 Å². The molecule has 312 valence electrons. The number of fused-ring (bicyclic) bond motifs is 6. The quantitative estimate of drug-likeness (QED) is 0.150. The van der Waals surface area contributed by atoms with Crippen LogP contribution in [0.15, 0.2) is 158 Å². The summed E-state index contributed by atoms with van der Waals surface area (Å²) >= 11 is 1.85. The minimum absolute atomic E-state index is 0.419. The Morgan fingerprint density at radius 2 is 0.873 bits per heavy atom. The lowest BCUT2D eigenvalue weighted by atomic mass is 9.79. The van der Waals surface area contributed by atoms with E-state index in [-0.39, 0.29) is 0 Å². The van der Waals surface area contributed by atoms with Crippen LogP contribution in [-0.4, -0.2) is 41.2 Å². The van der Waals surface area contributed by atoms with Gasteiger partial charge in [-0.2, -0.15) is 0 Å². The highest BCUT2D eigenvalue weighted by molar-refractivity contribution is 7.25. The van der Waals surface area contributed by atoms with E-state index in [0.29, 0.717) is 0 Å². The molecule has 0 amide bonds. The second kappa shape index (κ2) is 14.4. The van der Waals surface area contributed by atoms with Crippen molar-refractivity contribution in [2.45, 2.75) is 77.8 Å². The van der Waals surface area contributed by atoms with Crippen LogP contribution in [0.1, 0.15) is 55.4 Å². The summed E-state index contributed by atoms with van der Waals surface area (Å²) in [5.74, 6) is 0. The van der Waals surface area contributed by atoms with E-state index in [1.165, 1.54) is 42.0 Å². The van der Waals surface area contributed by atoms with Crippen LogP contribution < -0.4 is 15.8 Å². The molecule has 2 aromatic heterocycles. The van der Waals surface area contributed by atoms with Gasteiger partial charge in [0.2, 0.25) is 0 Å². The molecule has 6 nitrogen and oxygen atoms in total. The van der Waals surface area contributed by atoms with E-state index in [1.54, 1.807) is 0 Å². The van der Waals surface area contributed by atoms with E-state index in [2.05, 4.69) is 223 Å². The zero-order valence-corrected chi connectivity index (χ0v) is 37.9. The number of benzene rings is 7. The first-order valence-electron chi connectivity index (χ1n) is 21.9. The van der Waals surface area contributed by atoms with Crippen molar-refractivity contribution in [3.63, 3.8) is 0 Å². The molecule has 63 heavy (non-hydrogen) atoms. The van der Waals surface area contributed by atoms with Crippen molar-refractivity contribution in [1.82, 2.24) is 4.57 Å². The molecule has 11 rings (SSSR count). The number of aromatic nitrogens is 1. The van der Waals surface area contributed by atoms with Crippen LogP contribution in [-0.2, 0) is 18.6 Å². The van der Waals surface area contributed by atoms with Gasteiger partial charge < -0.3 is 28.1 Å². The highest BCUT2D eigenvalue weighted by Crippen LogP contribution is 2.42. The number of para-hydroxylation sites is 1. The molecule has 9 heteroatoms. The van der Waals surface area contributed by atoms with Crippen LogP contribution in [0.2, 0.25) is 0 Å². The highest BCUT2D eigenvalue weighted by atomic mass is 32.1. The summed E-state index contributed by atoms with van der Waals surface area (Å²) in [5, 5.41) is 5.08. The number of anilines is 3. The number of hydrogen-bond acceptors (Lipinski definition) is 6. The smallest absolute Gasteiger partial charge is 0.399 e. The molecular weight excluding hydrogens is 794 g/mol. The third-order valence-corrected chi connectivity index (χ3v) is 15.3. The summed E-state index contributed by atoms with van der Waals surface area (Å²) < 4.78 is 30.7. The predicted octanol–water partition coefficient (Wildman–Crippen LogP) is 12.9. The molecule has 0 bridgehead atoms. The molecule has 0 aliphatic carbocycles. The molecule has 0 spiro atoms. The van der Waals surface area contributed by atoms with Crippen molar-refractivity contribution in [3.8, 4) is 16.8 Å². The van der Waals surface area contributed by atoms with Crippen molar-refractivity contribution in [2.24, 2.45) is 0 Å². The van der Waals surface area contributed by atoms with Crippen LogP contribution in [0.4, 0.5) is 17.1 Å². The summed E-state index contributed by atoms with van der Waals surface area (Å²) in [4.78, 5) is 2.29. The largest absolute Gasteiger partial charge is 0.494 e. The summed E-state index contributed by atoms with van der Waals surface area (Å²) in [6.45, 7) is 16.7. The first-order valence-corrected chi connectivity index (χ1v) is 22.7. The maximum absolute atomic E-state index is 6.41. The molecule has 0 radical (unpaired) electrons. The fourth-order valence-electron chi connectivity index (χ4n) is 9.05. The molecule has 2 aliphatic rings. The topological polar surface area (TPSA) is 45.1 Å². The average molecular weight is 845 g/mol. The highest BCUT2D eigenvalue weighted by Gasteiger charge is 2.52. The van der Waals surface area contributed by atoms with Crippen molar-refractivity contribution >= 4 is 95.5 Å². The lowest BCUT2D eigenvalue weighted by molar-refractivity contribution is 0.00578. The van der Waals surface area contributed by atoms with Crippen LogP contribution in [0, 0.1) is 0 Å². The molecule has 4 heterocycles. The minimum atomic E-state index is -0.439. The van der Waals surface area contributed by atoms with Crippen LogP contribution in [0.25, 0.3) is 58.8 Å². The lowest BCUT2D eigenvalue weighted by Gasteiger charge is -2.32. The fourth-order valence-corrected chi connectivity index (χ4v) is 10.1. The van der Waals surface area contributed by atoms with Crippen LogP contribution in [0.3, 0.4) is 0 Å². The molecule has 2 saturated heterocycles. The van der Waals surface area contributed by atoms with Crippen molar-refractivity contribution in [2.75, 3.05) is 4.90 Å². The monoisotopic (exact) mass is 844 g/mol. The molecule has 2 fully saturated rings. The van der Waals surface area contributed by atoms with Gasteiger partial charge in [-0.05, 0) is 150 Å². The number of nitrogens with zero attached hydrogens (tertiary/aromatic N) is 2. The zero-order chi connectivity index (χ0) is 43.5. The Hall–Kier alpha value is -5.67. The van der Waals surface area contributed by atoms with Crippen molar-refractivity contribution in [1.29, 1.82) is 0 Å². The number of rotatable bonds is 7. The summed E-state index contributed by atoms with van der Waals surface area (Å²) in [6, 6.07) is 57.2. The van der Waals surface area contributed by atoms with Crippen molar-refractivity contribution in [3.05, 3.63) is 158 Å². The van der Waals surface area contributed by atoms with Gasteiger partial charge in [0.15, 0.2) is 0 Å². The van der Waals surface area contributed by atoms with Gasteiger partial charge in [-0.25, -0.2) is 0 Å². The average Bonchev–Trinajstić information content (AvgIpc) is 3.94. The molecule has 7 aromatic carbocycles. The van der Waals surface area contributed by atoms with Gasteiger partial charge in [0.1, 0.15) is 0 Å². The fraction of sp³-hybridized carbons (Fsp3) is 0.222. The summed E-state index contributed by atoms with van der Waals surface area (Å²) in [7, 11) is -0.879. The number of thiophene rings is 1. The second-order valence-electron chi connectivity index (χ2n) is 19.1. The normalized spacial score (nSPS) is 17.7. The maximum atomic E-state index is 6.41. The second-order valence-corrected chi connectivity index (χ2v) is 20.2. The van der Waals surface area contributed by atoms with E-state index < -0.39 is 36.6 Å². The molecule has 0 atom stereocenters. The Kier molecular flexibility index (Phi) is 9.19. The molecule has 2 aliphatic heterocycles. The van der Waals surface area contributed by atoms with Crippen molar-refractivity contribution < 1.29 is 18.6 Å². The third kappa shape index (κ3) is 6.63. The maximum Gasteiger partial charge on any atom is 0.494 e. The van der Waals surface area contributed by atoms with Gasteiger partial charge in [0.05, 0.1) is 33.4 Å². The Labute approximate surface area is 374 Å². The molecule has 0 unspecified atom stereocenters. The third-order valence-electron chi connectivity index (χ3n) is 14.1. The zero-order valence-electron chi connectivity index (χ0n) is 37.1. The lowest BCUT2D eigenvalue weighted by Crippen LogP contribution is -2.41. The van der Waals surface area contributed by atoms with E-state index in [1.807, 2.05) is 11.3 Å². The van der Waals surface area contributed by atoms with Gasteiger partial charge in [0.25, 0.3) is 0 Å². The van der Waals surface area contributed by atoms with E-state index >= 15 is 0 Å². The first kappa shape index (κ1) is 40.1. The first-order chi connectivity index (χ1) is 30.2. The molecular formula is C54H50B2N2O4S. The van der Waals surface area contributed by atoms with Gasteiger partial charge in [0, 0.05) is 53.7 Å². The molecule has 0 saturated carbocycles.